The summed E-state index contributed by atoms with van der Waals surface area (Å²) in [6, 6.07) is 7.78. The van der Waals surface area contributed by atoms with E-state index in [1.807, 2.05) is 31.2 Å². The van der Waals surface area contributed by atoms with Crippen LogP contribution in [0.15, 0.2) is 24.3 Å². The van der Waals surface area contributed by atoms with E-state index in [2.05, 4.69) is 40.4 Å². The first-order valence-electron chi connectivity index (χ1n) is 7.26. The van der Waals surface area contributed by atoms with Crippen molar-refractivity contribution in [2.75, 3.05) is 11.9 Å². The molecule has 2 N–H and O–H groups in total. The fourth-order valence-corrected chi connectivity index (χ4v) is 2.08. The number of rotatable bonds is 7. The van der Waals surface area contributed by atoms with Gasteiger partial charge in [-0.15, -0.1) is 0 Å². The van der Waals surface area contributed by atoms with Gasteiger partial charge < -0.3 is 10.6 Å². The van der Waals surface area contributed by atoms with Gasteiger partial charge in [-0.05, 0) is 24.0 Å². The van der Waals surface area contributed by atoms with E-state index < -0.39 is 0 Å². The molecule has 0 saturated carbocycles. The standard InChI is InChI=1S/C16H23BrN2O2/c1-4-13(17)16(21)18-10-9-15(20)19-14-8-6-5-7-12(14)11(2)3/h5-8,11,13H,4,9-10H2,1-3H3,(H,18,21)(H,19,20). The first-order chi connectivity index (χ1) is 9.95. The maximum absolute atomic E-state index is 11.9. The number of benzene rings is 1. The zero-order valence-corrected chi connectivity index (χ0v) is 14.4. The molecule has 1 atom stereocenters. The predicted molar refractivity (Wildman–Crippen MR) is 89.8 cm³/mol. The molecule has 1 aromatic carbocycles. The molecule has 1 rings (SSSR count). The Labute approximate surface area is 134 Å². The van der Waals surface area contributed by atoms with Gasteiger partial charge in [0.05, 0.1) is 4.83 Å². The Kier molecular flexibility index (Phi) is 7.43. The molecule has 0 aliphatic heterocycles. The lowest BCUT2D eigenvalue weighted by atomic mass is 10.0. The average molecular weight is 355 g/mol. The second kappa shape index (κ2) is 8.82. The van der Waals surface area contributed by atoms with Crippen LogP contribution in [0, 0.1) is 0 Å². The summed E-state index contributed by atoms with van der Waals surface area (Å²) in [6.45, 7) is 6.45. The van der Waals surface area contributed by atoms with Crippen molar-refractivity contribution in [2.24, 2.45) is 0 Å². The molecule has 0 aliphatic rings. The average Bonchev–Trinajstić information content (AvgIpc) is 2.46. The number of carbonyl (C=O) groups excluding carboxylic acids is 2. The monoisotopic (exact) mass is 354 g/mol. The van der Waals surface area contributed by atoms with E-state index in [0.29, 0.717) is 12.5 Å². The van der Waals surface area contributed by atoms with E-state index in [1.165, 1.54) is 0 Å². The van der Waals surface area contributed by atoms with Crippen LogP contribution in [0.1, 0.15) is 45.1 Å². The zero-order valence-electron chi connectivity index (χ0n) is 12.8. The SMILES string of the molecule is CCC(Br)C(=O)NCCC(=O)Nc1ccccc1C(C)C. The van der Waals surface area contributed by atoms with E-state index in [4.69, 9.17) is 0 Å². The summed E-state index contributed by atoms with van der Waals surface area (Å²) in [6.07, 6.45) is 0.987. The summed E-state index contributed by atoms with van der Waals surface area (Å²) in [4.78, 5) is 23.3. The Balaban J connectivity index is 2.46. The highest BCUT2D eigenvalue weighted by Gasteiger charge is 2.13. The van der Waals surface area contributed by atoms with Gasteiger partial charge in [0.25, 0.3) is 0 Å². The molecule has 0 aliphatic carbocycles. The minimum Gasteiger partial charge on any atom is -0.355 e. The van der Waals surface area contributed by atoms with Gasteiger partial charge in [0, 0.05) is 18.7 Å². The molecule has 0 fully saturated rings. The van der Waals surface area contributed by atoms with Gasteiger partial charge in [-0.1, -0.05) is 54.9 Å². The van der Waals surface area contributed by atoms with Crippen LogP contribution in [0.5, 0.6) is 0 Å². The zero-order chi connectivity index (χ0) is 15.8. The molecular weight excluding hydrogens is 332 g/mol. The number of carbonyl (C=O) groups is 2. The van der Waals surface area contributed by atoms with Crippen LogP contribution in [0.25, 0.3) is 0 Å². The third-order valence-electron chi connectivity index (χ3n) is 3.15. The molecule has 0 spiro atoms. The van der Waals surface area contributed by atoms with Crippen molar-refractivity contribution in [3.63, 3.8) is 0 Å². The predicted octanol–water partition coefficient (Wildman–Crippen LogP) is 3.43. The maximum Gasteiger partial charge on any atom is 0.233 e. The first-order valence-corrected chi connectivity index (χ1v) is 8.17. The Morgan fingerprint density at radius 3 is 2.52 bits per heavy atom. The molecule has 0 aromatic heterocycles. The molecule has 2 amide bonds. The van der Waals surface area contributed by atoms with Gasteiger partial charge in [-0.3, -0.25) is 9.59 Å². The van der Waals surface area contributed by atoms with Crippen molar-refractivity contribution in [1.82, 2.24) is 5.32 Å². The second-order valence-electron chi connectivity index (χ2n) is 5.21. The fourth-order valence-electron chi connectivity index (χ4n) is 1.92. The number of alkyl halides is 1. The van der Waals surface area contributed by atoms with E-state index in [0.717, 1.165) is 17.7 Å². The Morgan fingerprint density at radius 2 is 1.90 bits per heavy atom. The third kappa shape index (κ3) is 5.87. The van der Waals surface area contributed by atoms with Crippen LogP contribution in [-0.4, -0.2) is 23.2 Å². The maximum atomic E-state index is 11.9. The number of hydrogen-bond donors (Lipinski definition) is 2. The summed E-state index contributed by atoms with van der Waals surface area (Å²) >= 11 is 3.28. The summed E-state index contributed by atoms with van der Waals surface area (Å²) in [5.74, 6) is 0.179. The largest absolute Gasteiger partial charge is 0.355 e. The summed E-state index contributed by atoms with van der Waals surface area (Å²) in [5.41, 5.74) is 1.96. The van der Waals surface area contributed by atoms with E-state index in [-0.39, 0.29) is 23.1 Å². The highest BCUT2D eigenvalue weighted by atomic mass is 79.9. The van der Waals surface area contributed by atoms with Crippen molar-refractivity contribution < 1.29 is 9.59 Å². The van der Waals surface area contributed by atoms with Gasteiger partial charge in [0.1, 0.15) is 0 Å². The van der Waals surface area contributed by atoms with Crippen molar-refractivity contribution >= 4 is 33.4 Å². The molecule has 0 bridgehead atoms. The fraction of sp³-hybridized carbons (Fsp3) is 0.500. The summed E-state index contributed by atoms with van der Waals surface area (Å²) in [7, 11) is 0. The van der Waals surface area contributed by atoms with Crippen molar-refractivity contribution in [1.29, 1.82) is 0 Å². The number of amides is 2. The van der Waals surface area contributed by atoms with Crippen LogP contribution >= 0.6 is 15.9 Å². The van der Waals surface area contributed by atoms with Crippen molar-refractivity contribution in [3.8, 4) is 0 Å². The molecule has 1 aromatic rings. The van der Waals surface area contributed by atoms with Gasteiger partial charge in [0.15, 0.2) is 0 Å². The number of hydrogen-bond acceptors (Lipinski definition) is 2. The van der Waals surface area contributed by atoms with Gasteiger partial charge >= 0.3 is 0 Å². The van der Waals surface area contributed by atoms with E-state index in [1.54, 1.807) is 0 Å². The summed E-state index contributed by atoms with van der Waals surface area (Å²) in [5, 5.41) is 5.65. The number of nitrogens with one attached hydrogen (secondary N) is 2. The second-order valence-corrected chi connectivity index (χ2v) is 6.31. The lowest BCUT2D eigenvalue weighted by molar-refractivity contribution is -0.120. The molecule has 4 nitrogen and oxygen atoms in total. The minimum atomic E-state index is -0.192. The number of halogens is 1. The van der Waals surface area contributed by atoms with Crippen LogP contribution < -0.4 is 10.6 Å². The highest BCUT2D eigenvalue weighted by molar-refractivity contribution is 9.10. The van der Waals surface area contributed by atoms with E-state index >= 15 is 0 Å². The number of anilines is 1. The van der Waals surface area contributed by atoms with Gasteiger partial charge in [0.2, 0.25) is 11.8 Å². The van der Waals surface area contributed by atoms with E-state index in [9.17, 15) is 9.59 Å². The Bertz CT molecular complexity index is 489. The third-order valence-corrected chi connectivity index (χ3v) is 4.21. The smallest absolute Gasteiger partial charge is 0.233 e. The Morgan fingerprint density at radius 1 is 1.24 bits per heavy atom. The topological polar surface area (TPSA) is 58.2 Å². The van der Waals surface area contributed by atoms with Crippen LogP contribution in [0.3, 0.4) is 0 Å². The van der Waals surface area contributed by atoms with Gasteiger partial charge in [-0.2, -0.15) is 0 Å². The molecule has 1 unspecified atom stereocenters. The normalized spacial score (nSPS) is 12.0. The molecule has 0 radical (unpaired) electrons. The quantitative estimate of drug-likeness (QED) is 0.737. The molecule has 5 heteroatoms. The van der Waals surface area contributed by atoms with Crippen LogP contribution in [0.2, 0.25) is 0 Å². The van der Waals surface area contributed by atoms with Crippen LogP contribution in [-0.2, 0) is 9.59 Å². The van der Waals surface area contributed by atoms with Crippen LogP contribution in [0.4, 0.5) is 5.69 Å². The molecule has 116 valence electrons. The molecule has 21 heavy (non-hydrogen) atoms. The molecular formula is C16H23BrN2O2. The van der Waals surface area contributed by atoms with Crippen molar-refractivity contribution in [3.05, 3.63) is 29.8 Å². The van der Waals surface area contributed by atoms with Crippen molar-refractivity contribution in [2.45, 2.75) is 44.4 Å². The first kappa shape index (κ1) is 17.7. The minimum absolute atomic E-state index is 0.0760. The summed E-state index contributed by atoms with van der Waals surface area (Å²) < 4.78 is 0. The number of para-hydroxylation sites is 1. The lowest BCUT2D eigenvalue weighted by Crippen LogP contribution is -2.33. The molecule has 0 heterocycles. The van der Waals surface area contributed by atoms with Gasteiger partial charge in [-0.25, -0.2) is 0 Å². The molecule has 0 saturated heterocycles. The Hall–Kier alpha value is -1.36. The highest BCUT2D eigenvalue weighted by Crippen LogP contribution is 2.23. The lowest BCUT2D eigenvalue weighted by Gasteiger charge is -2.14.